The Kier molecular flexibility index (Phi) is 4.30. The van der Waals surface area contributed by atoms with Crippen molar-refractivity contribution in [2.45, 2.75) is 12.8 Å². The number of carbonyl (C=O) groups is 2. The lowest BCUT2D eigenvalue weighted by Crippen LogP contribution is -2.29. The molecule has 2 aromatic heterocycles. The molecule has 1 aliphatic heterocycles. The Balaban J connectivity index is 1.72. The van der Waals surface area contributed by atoms with E-state index in [0.717, 1.165) is 12.8 Å². The smallest absolute Gasteiger partial charge is 0.290 e. The summed E-state index contributed by atoms with van der Waals surface area (Å²) in [6, 6.07) is 14.1. The van der Waals surface area contributed by atoms with Gasteiger partial charge in [0.05, 0.1) is 16.8 Å². The van der Waals surface area contributed by atoms with E-state index in [0.29, 0.717) is 29.9 Å². The molecule has 0 spiro atoms. The molecule has 0 bridgehead atoms. The average Bonchev–Trinajstić information content (AvgIpc) is 3.36. The molecule has 3 heterocycles. The van der Waals surface area contributed by atoms with Crippen molar-refractivity contribution in [1.29, 1.82) is 5.26 Å². The number of amides is 2. The van der Waals surface area contributed by atoms with Gasteiger partial charge >= 0.3 is 0 Å². The quantitative estimate of drug-likeness (QED) is 0.778. The molecule has 1 saturated heterocycles. The van der Waals surface area contributed by atoms with Gasteiger partial charge in [-0.25, -0.2) is 4.98 Å². The van der Waals surface area contributed by atoms with Gasteiger partial charge in [0.25, 0.3) is 11.8 Å². The van der Waals surface area contributed by atoms with Gasteiger partial charge in [-0.2, -0.15) is 5.26 Å². The minimum Gasteiger partial charge on any atom is -0.336 e. The van der Waals surface area contributed by atoms with Crippen molar-refractivity contribution in [1.82, 2.24) is 14.3 Å². The standard InChI is InChI=1S/C20H17N5O2/c21-13-14-7-1-2-8-15(14)22-19(26)17-16-9-3-4-12-25(16)18(23-17)20(27)24-10-5-6-11-24/h1-4,7-9,12H,5-6,10-11H2,(H,22,26). The third-order valence-corrected chi connectivity index (χ3v) is 4.64. The van der Waals surface area contributed by atoms with Crippen molar-refractivity contribution < 1.29 is 9.59 Å². The lowest BCUT2D eigenvalue weighted by molar-refractivity contribution is 0.0780. The third kappa shape index (κ3) is 3.02. The normalized spacial score (nSPS) is 13.5. The van der Waals surface area contributed by atoms with Crippen LogP contribution in [0.1, 0.15) is 39.5 Å². The summed E-state index contributed by atoms with van der Waals surface area (Å²) in [5, 5.41) is 11.9. The number of nitriles is 1. The predicted octanol–water partition coefficient (Wildman–Crippen LogP) is 2.69. The highest BCUT2D eigenvalue weighted by molar-refractivity contribution is 6.09. The Hall–Kier alpha value is -3.66. The highest BCUT2D eigenvalue weighted by atomic mass is 16.2. The number of hydrogen-bond donors (Lipinski definition) is 1. The van der Waals surface area contributed by atoms with Gasteiger partial charge in [-0.1, -0.05) is 18.2 Å². The number of anilines is 1. The number of carbonyl (C=O) groups excluding carboxylic acids is 2. The van der Waals surface area contributed by atoms with E-state index in [1.165, 1.54) is 0 Å². The second-order valence-corrected chi connectivity index (χ2v) is 6.35. The van der Waals surface area contributed by atoms with E-state index in [2.05, 4.69) is 10.3 Å². The fraction of sp³-hybridized carbons (Fsp3) is 0.200. The van der Waals surface area contributed by atoms with Crippen molar-refractivity contribution in [2.75, 3.05) is 18.4 Å². The Labute approximate surface area is 155 Å². The summed E-state index contributed by atoms with van der Waals surface area (Å²) >= 11 is 0. The molecule has 7 nitrogen and oxygen atoms in total. The lowest BCUT2D eigenvalue weighted by atomic mass is 10.2. The SMILES string of the molecule is N#Cc1ccccc1NC(=O)c1nc(C(=O)N2CCCC2)n2ccccc12. The summed E-state index contributed by atoms with van der Waals surface area (Å²) in [4.78, 5) is 31.8. The molecule has 0 atom stereocenters. The molecule has 7 heteroatoms. The van der Waals surface area contributed by atoms with E-state index in [-0.39, 0.29) is 17.4 Å². The topological polar surface area (TPSA) is 90.5 Å². The van der Waals surface area contributed by atoms with Gasteiger partial charge in [0, 0.05) is 19.3 Å². The number of benzene rings is 1. The Morgan fingerprint density at radius 3 is 2.59 bits per heavy atom. The number of rotatable bonds is 3. The van der Waals surface area contributed by atoms with Gasteiger partial charge in [-0.3, -0.25) is 14.0 Å². The minimum atomic E-state index is -0.457. The van der Waals surface area contributed by atoms with E-state index in [1.54, 1.807) is 58.0 Å². The van der Waals surface area contributed by atoms with Crippen LogP contribution in [0.2, 0.25) is 0 Å². The van der Waals surface area contributed by atoms with Crippen molar-refractivity contribution in [3.8, 4) is 6.07 Å². The van der Waals surface area contributed by atoms with Crippen LogP contribution in [0.15, 0.2) is 48.7 Å². The number of nitrogens with one attached hydrogen (secondary N) is 1. The van der Waals surface area contributed by atoms with Crippen molar-refractivity contribution in [3.63, 3.8) is 0 Å². The van der Waals surface area contributed by atoms with Gasteiger partial charge in [0.2, 0.25) is 5.82 Å². The molecule has 1 aliphatic rings. The van der Waals surface area contributed by atoms with Gasteiger partial charge in [0.1, 0.15) is 6.07 Å². The summed E-state index contributed by atoms with van der Waals surface area (Å²) in [7, 11) is 0. The lowest BCUT2D eigenvalue weighted by Gasteiger charge is -2.13. The molecular weight excluding hydrogens is 342 g/mol. The Morgan fingerprint density at radius 1 is 1.07 bits per heavy atom. The molecule has 4 rings (SSSR count). The van der Waals surface area contributed by atoms with Crippen LogP contribution in [0.25, 0.3) is 5.52 Å². The second kappa shape index (κ2) is 6.92. The molecule has 1 fully saturated rings. The molecule has 1 aromatic carbocycles. The molecule has 0 aliphatic carbocycles. The van der Waals surface area contributed by atoms with Crippen molar-refractivity contribution >= 4 is 23.0 Å². The van der Waals surface area contributed by atoms with Crippen LogP contribution >= 0.6 is 0 Å². The largest absolute Gasteiger partial charge is 0.336 e. The molecule has 0 radical (unpaired) electrons. The first-order chi connectivity index (χ1) is 13.2. The van der Waals surface area contributed by atoms with Crippen LogP contribution in [0.5, 0.6) is 0 Å². The highest BCUT2D eigenvalue weighted by Gasteiger charge is 2.26. The molecular formula is C20H17N5O2. The Bertz CT molecular complexity index is 1070. The van der Waals surface area contributed by atoms with Crippen LogP contribution < -0.4 is 5.32 Å². The first-order valence-electron chi connectivity index (χ1n) is 8.76. The third-order valence-electron chi connectivity index (χ3n) is 4.64. The van der Waals surface area contributed by atoms with Gasteiger partial charge in [-0.05, 0) is 37.1 Å². The fourth-order valence-electron chi connectivity index (χ4n) is 3.29. The number of fused-ring (bicyclic) bond motifs is 1. The molecule has 0 unspecified atom stereocenters. The summed E-state index contributed by atoms with van der Waals surface area (Å²) in [6.45, 7) is 1.41. The van der Waals surface area contributed by atoms with E-state index in [1.807, 2.05) is 6.07 Å². The average molecular weight is 359 g/mol. The van der Waals surface area contributed by atoms with Crippen LogP contribution in [0, 0.1) is 11.3 Å². The molecule has 2 amide bonds. The molecule has 0 saturated carbocycles. The maximum Gasteiger partial charge on any atom is 0.290 e. The van der Waals surface area contributed by atoms with Gasteiger partial charge < -0.3 is 10.2 Å². The van der Waals surface area contributed by atoms with Crippen molar-refractivity contribution in [3.05, 3.63) is 65.7 Å². The number of likely N-dealkylation sites (tertiary alicyclic amines) is 1. The Morgan fingerprint density at radius 2 is 1.81 bits per heavy atom. The molecule has 3 aromatic rings. The summed E-state index contributed by atoms with van der Waals surface area (Å²) in [5.74, 6) is -0.404. The van der Waals surface area contributed by atoms with Gasteiger partial charge in [-0.15, -0.1) is 0 Å². The number of aromatic nitrogens is 2. The number of hydrogen-bond acceptors (Lipinski definition) is 4. The van der Waals surface area contributed by atoms with E-state index in [9.17, 15) is 14.9 Å². The first kappa shape index (κ1) is 16.8. The highest BCUT2D eigenvalue weighted by Crippen LogP contribution is 2.20. The first-order valence-corrected chi connectivity index (χ1v) is 8.76. The number of imidazole rings is 1. The van der Waals surface area contributed by atoms with Crippen molar-refractivity contribution in [2.24, 2.45) is 0 Å². The van der Waals surface area contributed by atoms with Crippen LogP contribution in [-0.4, -0.2) is 39.2 Å². The maximum atomic E-state index is 12.8. The van der Waals surface area contributed by atoms with Crippen LogP contribution in [-0.2, 0) is 0 Å². The number of pyridine rings is 1. The van der Waals surface area contributed by atoms with Crippen LogP contribution in [0.3, 0.4) is 0 Å². The van der Waals surface area contributed by atoms with E-state index in [4.69, 9.17) is 0 Å². The molecule has 27 heavy (non-hydrogen) atoms. The molecule has 134 valence electrons. The number of para-hydroxylation sites is 1. The minimum absolute atomic E-state index is 0.158. The zero-order valence-corrected chi connectivity index (χ0v) is 14.6. The second-order valence-electron chi connectivity index (χ2n) is 6.35. The van der Waals surface area contributed by atoms with E-state index >= 15 is 0 Å². The van der Waals surface area contributed by atoms with Crippen LogP contribution in [0.4, 0.5) is 5.69 Å². The maximum absolute atomic E-state index is 12.8. The van der Waals surface area contributed by atoms with E-state index < -0.39 is 5.91 Å². The van der Waals surface area contributed by atoms with Gasteiger partial charge in [0.15, 0.2) is 5.69 Å². The number of nitrogens with zero attached hydrogens (tertiary/aromatic N) is 4. The monoisotopic (exact) mass is 359 g/mol. The zero-order valence-electron chi connectivity index (χ0n) is 14.6. The molecule has 1 N–H and O–H groups in total. The fourth-order valence-corrected chi connectivity index (χ4v) is 3.29. The predicted molar refractivity (Wildman–Crippen MR) is 99.4 cm³/mol. The summed E-state index contributed by atoms with van der Waals surface area (Å²) in [6.07, 6.45) is 3.69. The summed E-state index contributed by atoms with van der Waals surface area (Å²) in [5.41, 5.74) is 1.48. The summed E-state index contributed by atoms with van der Waals surface area (Å²) < 4.78 is 1.64. The zero-order chi connectivity index (χ0) is 18.8.